The minimum absolute atomic E-state index is 0.130. The lowest BCUT2D eigenvalue weighted by molar-refractivity contribution is -0.146. The molecule has 0 radical (unpaired) electrons. The van der Waals surface area contributed by atoms with Gasteiger partial charge in [-0.15, -0.1) is 0 Å². The molecule has 1 rings (SSSR count). The van der Waals surface area contributed by atoms with Crippen LogP contribution in [0.15, 0.2) is 0 Å². The highest BCUT2D eigenvalue weighted by atomic mass is 16.5. The third-order valence-electron chi connectivity index (χ3n) is 2.26. The Balaban J connectivity index is 2.58. The molecular formula is C8H12N2O2. The number of likely N-dealkylation sites (tertiary alicyclic amines) is 1. The molecule has 0 N–H and O–H groups in total. The highest BCUT2D eigenvalue weighted by molar-refractivity contribution is 5.73. The predicted octanol–water partition coefficient (Wildman–Crippen LogP) is 0.208. The molecule has 4 nitrogen and oxygen atoms in total. The summed E-state index contributed by atoms with van der Waals surface area (Å²) in [5.74, 6) is -0.119. The molecule has 1 heterocycles. The van der Waals surface area contributed by atoms with E-state index in [-0.39, 0.29) is 17.8 Å². The second kappa shape index (κ2) is 3.44. The van der Waals surface area contributed by atoms with Gasteiger partial charge in [0.25, 0.3) is 0 Å². The Hall–Kier alpha value is -1.24. The van der Waals surface area contributed by atoms with Gasteiger partial charge in [0.05, 0.1) is 13.0 Å². The van der Waals surface area contributed by atoms with Crippen molar-refractivity contribution in [3.8, 4) is 6.19 Å². The van der Waals surface area contributed by atoms with Crippen LogP contribution in [-0.4, -0.2) is 31.1 Å². The second-order valence-electron chi connectivity index (χ2n) is 3.11. The van der Waals surface area contributed by atoms with Gasteiger partial charge in [0.1, 0.15) is 0 Å². The molecule has 2 unspecified atom stereocenters. The third kappa shape index (κ3) is 1.50. The van der Waals surface area contributed by atoms with Gasteiger partial charge in [-0.05, 0) is 5.92 Å². The number of esters is 1. The summed E-state index contributed by atoms with van der Waals surface area (Å²) in [7, 11) is 1.38. The number of methoxy groups -OCH3 is 1. The number of hydrogen-bond acceptors (Lipinski definition) is 4. The summed E-state index contributed by atoms with van der Waals surface area (Å²) in [5.41, 5.74) is 0. The molecule has 1 saturated heterocycles. The molecule has 0 aromatic heterocycles. The maximum absolute atomic E-state index is 11.1. The lowest BCUT2D eigenvalue weighted by Gasteiger charge is -2.09. The molecule has 1 aliphatic rings. The monoisotopic (exact) mass is 168 g/mol. The minimum atomic E-state index is -0.208. The van der Waals surface area contributed by atoms with E-state index in [1.165, 1.54) is 7.11 Å². The topological polar surface area (TPSA) is 53.3 Å². The van der Waals surface area contributed by atoms with Crippen molar-refractivity contribution in [2.45, 2.75) is 6.92 Å². The molecule has 0 aliphatic carbocycles. The Morgan fingerprint density at radius 1 is 1.67 bits per heavy atom. The summed E-state index contributed by atoms with van der Waals surface area (Å²) in [5, 5.41) is 8.58. The molecule has 1 aliphatic heterocycles. The maximum atomic E-state index is 11.1. The zero-order chi connectivity index (χ0) is 9.14. The van der Waals surface area contributed by atoms with Gasteiger partial charge >= 0.3 is 5.97 Å². The number of ether oxygens (including phenoxy) is 1. The van der Waals surface area contributed by atoms with Crippen molar-refractivity contribution < 1.29 is 9.53 Å². The zero-order valence-electron chi connectivity index (χ0n) is 7.28. The van der Waals surface area contributed by atoms with E-state index in [1.54, 1.807) is 4.90 Å². The smallest absolute Gasteiger partial charge is 0.310 e. The molecule has 0 saturated carbocycles. The van der Waals surface area contributed by atoms with Gasteiger partial charge in [0, 0.05) is 13.1 Å². The van der Waals surface area contributed by atoms with Crippen LogP contribution in [0.5, 0.6) is 0 Å². The van der Waals surface area contributed by atoms with E-state index in [0.717, 1.165) is 0 Å². The number of carbonyl (C=O) groups excluding carboxylic acids is 1. The molecule has 0 amide bonds. The van der Waals surface area contributed by atoms with Crippen LogP contribution >= 0.6 is 0 Å². The molecule has 2 atom stereocenters. The first-order chi connectivity index (χ1) is 5.69. The van der Waals surface area contributed by atoms with Crippen LogP contribution in [0.2, 0.25) is 0 Å². The van der Waals surface area contributed by atoms with E-state index in [4.69, 9.17) is 5.26 Å². The largest absolute Gasteiger partial charge is 0.469 e. The molecule has 12 heavy (non-hydrogen) atoms. The van der Waals surface area contributed by atoms with Crippen molar-refractivity contribution in [2.24, 2.45) is 11.8 Å². The number of nitriles is 1. The number of nitrogens with zero attached hydrogens (tertiary/aromatic N) is 2. The first-order valence-electron chi connectivity index (χ1n) is 3.91. The molecule has 1 fully saturated rings. The molecule has 0 spiro atoms. The Labute approximate surface area is 71.7 Å². The first kappa shape index (κ1) is 8.85. The van der Waals surface area contributed by atoms with Gasteiger partial charge in [-0.25, -0.2) is 0 Å². The van der Waals surface area contributed by atoms with Crippen molar-refractivity contribution in [1.29, 1.82) is 5.26 Å². The summed E-state index contributed by atoms with van der Waals surface area (Å²) in [6.07, 6.45) is 2.03. The Morgan fingerprint density at radius 3 is 2.75 bits per heavy atom. The van der Waals surface area contributed by atoms with Gasteiger partial charge < -0.3 is 9.64 Å². The fraction of sp³-hybridized carbons (Fsp3) is 0.750. The average molecular weight is 168 g/mol. The third-order valence-corrected chi connectivity index (χ3v) is 2.26. The van der Waals surface area contributed by atoms with E-state index >= 15 is 0 Å². The number of rotatable bonds is 1. The van der Waals surface area contributed by atoms with Crippen molar-refractivity contribution >= 4 is 5.97 Å². The van der Waals surface area contributed by atoms with E-state index in [2.05, 4.69) is 4.74 Å². The van der Waals surface area contributed by atoms with Crippen LogP contribution in [0.4, 0.5) is 0 Å². The molecular weight excluding hydrogens is 156 g/mol. The van der Waals surface area contributed by atoms with Crippen molar-refractivity contribution in [1.82, 2.24) is 4.90 Å². The normalized spacial score (nSPS) is 28.2. The quantitative estimate of drug-likeness (QED) is 0.415. The Morgan fingerprint density at radius 2 is 2.33 bits per heavy atom. The molecule has 66 valence electrons. The van der Waals surface area contributed by atoms with Crippen molar-refractivity contribution in [3.05, 3.63) is 0 Å². The summed E-state index contributed by atoms with van der Waals surface area (Å²) in [4.78, 5) is 12.7. The summed E-state index contributed by atoms with van der Waals surface area (Å²) in [6.45, 7) is 3.12. The fourth-order valence-corrected chi connectivity index (χ4v) is 1.51. The van der Waals surface area contributed by atoms with Gasteiger partial charge in [-0.2, -0.15) is 5.26 Å². The number of carbonyl (C=O) groups is 1. The van der Waals surface area contributed by atoms with E-state index in [9.17, 15) is 4.79 Å². The summed E-state index contributed by atoms with van der Waals surface area (Å²) >= 11 is 0. The highest BCUT2D eigenvalue weighted by Gasteiger charge is 2.35. The second-order valence-corrected chi connectivity index (χ2v) is 3.11. The SMILES string of the molecule is COC(=O)C1CN(C#N)CC1C. The van der Waals surface area contributed by atoms with E-state index in [1.807, 2.05) is 13.1 Å². The highest BCUT2D eigenvalue weighted by Crippen LogP contribution is 2.22. The van der Waals surface area contributed by atoms with Crippen LogP contribution in [-0.2, 0) is 9.53 Å². The Kier molecular flexibility index (Phi) is 2.54. The van der Waals surface area contributed by atoms with Gasteiger partial charge in [-0.3, -0.25) is 4.79 Å². The van der Waals surface area contributed by atoms with Crippen LogP contribution in [0, 0.1) is 23.3 Å². The fourth-order valence-electron chi connectivity index (χ4n) is 1.51. The van der Waals surface area contributed by atoms with Crippen LogP contribution in [0.25, 0.3) is 0 Å². The average Bonchev–Trinajstić information content (AvgIpc) is 2.45. The summed E-state index contributed by atoms with van der Waals surface area (Å²) < 4.78 is 4.62. The lowest BCUT2D eigenvalue weighted by atomic mass is 9.99. The Bertz CT molecular complexity index is 222. The van der Waals surface area contributed by atoms with E-state index < -0.39 is 0 Å². The van der Waals surface area contributed by atoms with Gasteiger partial charge in [0.15, 0.2) is 6.19 Å². The molecule has 0 bridgehead atoms. The van der Waals surface area contributed by atoms with Gasteiger partial charge in [0.2, 0.25) is 0 Å². The van der Waals surface area contributed by atoms with E-state index in [0.29, 0.717) is 13.1 Å². The number of hydrogen-bond donors (Lipinski definition) is 0. The zero-order valence-corrected chi connectivity index (χ0v) is 7.28. The summed E-state index contributed by atoms with van der Waals surface area (Å²) in [6, 6.07) is 0. The first-order valence-corrected chi connectivity index (χ1v) is 3.91. The van der Waals surface area contributed by atoms with Crippen LogP contribution in [0.1, 0.15) is 6.92 Å². The van der Waals surface area contributed by atoms with Crippen LogP contribution in [0.3, 0.4) is 0 Å². The predicted molar refractivity (Wildman–Crippen MR) is 41.9 cm³/mol. The standard InChI is InChI=1S/C8H12N2O2/c1-6-3-10(5-9)4-7(6)8(11)12-2/h6-7H,3-4H2,1-2H3. The van der Waals surface area contributed by atoms with Crippen LogP contribution < -0.4 is 0 Å². The molecule has 4 heteroatoms. The van der Waals surface area contributed by atoms with Crippen molar-refractivity contribution in [3.63, 3.8) is 0 Å². The van der Waals surface area contributed by atoms with Crippen molar-refractivity contribution in [2.75, 3.05) is 20.2 Å². The molecule has 0 aromatic rings. The lowest BCUT2D eigenvalue weighted by Crippen LogP contribution is -2.22. The maximum Gasteiger partial charge on any atom is 0.310 e. The van der Waals surface area contributed by atoms with Gasteiger partial charge in [-0.1, -0.05) is 6.92 Å². The molecule has 0 aromatic carbocycles. The minimum Gasteiger partial charge on any atom is -0.469 e.